The molecule has 0 aliphatic rings. The number of nitrogens with zero attached hydrogens (tertiary/aromatic N) is 6. The molecular weight excluding hydrogens is 266 g/mol. The highest BCUT2D eigenvalue weighted by molar-refractivity contribution is 5.75. The Balaban J connectivity index is 1.80. The first-order valence-electron chi connectivity index (χ1n) is 6.98. The maximum Gasteiger partial charge on any atom is 0.221 e. The van der Waals surface area contributed by atoms with E-state index in [1.165, 1.54) is 0 Å². The Labute approximate surface area is 123 Å². The van der Waals surface area contributed by atoms with Gasteiger partial charge >= 0.3 is 0 Å². The molecule has 3 aromatic heterocycles. The van der Waals surface area contributed by atoms with Gasteiger partial charge in [0.15, 0.2) is 5.65 Å². The zero-order valence-electron chi connectivity index (χ0n) is 12.7. The maximum atomic E-state index is 4.52. The highest BCUT2D eigenvalue weighted by Gasteiger charge is 2.08. The smallest absolute Gasteiger partial charge is 0.221 e. The Kier molecular flexibility index (Phi) is 3.32. The van der Waals surface area contributed by atoms with Crippen LogP contribution < -0.4 is 5.32 Å². The summed E-state index contributed by atoms with van der Waals surface area (Å²) in [6.45, 7) is 6.72. The van der Waals surface area contributed by atoms with Crippen molar-refractivity contribution in [2.45, 2.75) is 33.4 Å². The van der Waals surface area contributed by atoms with Gasteiger partial charge in [0.2, 0.25) is 5.95 Å². The molecule has 0 aliphatic carbocycles. The van der Waals surface area contributed by atoms with Crippen molar-refractivity contribution in [1.82, 2.24) is 29.5 Å². The standard InChI is InChI=1S/C14H19N7/c1-9(2)21-13-12(8-17-21)5-11(6-15-13)7-16-14-18-10(3)19-20(14)4/h5-6,8-9H,7H2,1-4H3,(H,16,18,19). The zero-order chi connectivity index (χ0) is 15.0. The van der Waals surface area contributed by atoms with Gasteiger partial charge in [-0.1, -0.05) is 0 Å². The summed E-state index contributed by atoms with van der Waals surface area (Å²) in [5, 5.41) is 12.9. The number of aromatic nitrogens is 6. The van der Waals surface area contributed by atoms with E-state index in [0.29, 0.717) is 12.6 Å². The quantitative estimate of drug-likeness (QED) is 0.794. The second-order valence-electron chi connectivity index (χ2n) is 5.40. The molecule has 0 saturated carbocycles. The normalized spacial score (nSPS) is 11.5. The van der Waals surface area contributed by atoms with Crippen molar-refractivity contribution < 1.29 is 0 Å². The Hall–Kier alpha value is -2.44. The lowest BCUT2D eigenvalue weighted by molar-refractivity contribution is 0.546. The lowest BCUT2D eigenvalue weighted by Gasteiger charge is -2.07. The first-order valence-corrected chi connectivity index (χ1v) is 6.98. The van der Waals surface area contributed by atoms with E-state index in [4.69, 9.17) is 0 Å². The Morgan fingerprint density at radius 2 is 2.10 bits per heavy atom. The van der Waals surface area contributed by atoms with Crippen LogP contribution in [0.2, 0.25) is 0 Å². The largest absolute Gasteiger partial charge is 0.350 e. The molecule has 21 heavy (non-hydrogen) atoms. The number of hydrogen-bond acceptors (Lipinski definition) is 5. The topological polar surface area (TPSA) is 73.5 Å². The van der Waals surface area contributed by atoms with E-state index in [-0.39, 0.29) is 0 Å². The number of pyridine rings is 1. The van der Waals surface area contributed by atoms with Crippen molar-refractivity contribution in [3.05, 3.63) is 29.8 Å². The monoisotopic (exact) mass is 285 g/mol. The van der Waals surface area contributed by atoms with E-state index < -0.39 is 0 Å². The Bertz CT molecular complexity index is 769. The van der Waals surface area contributed by atoms with E-state index in [2.05, 4.69) is 45.4 Å². The molecule has 7 nitrogen and oxygen atoms in total. The molecule has 0 spiro atoms. The molecule has 110 valence electrons. The van der Waals surface area contributed by atoms with Crippen LogP contribution in [0, 0.1) is 6.92 Å². The predicted octanol–water partition coefficient (Wildman–Crippen LogP) is 2.06. The van der Waals surface area contributed by atoms with Gasteiger partial charge in [0.25, 0.3) is 0 Å². The lowest BCUT2D eigenvalue weighted by Crippen LogP contribution is -2.06. The molecule has 0 unspecified atom stereocenters. The van der Waals surface area contributed by atoms with Gasteiger partial charge in [-0.05, 0) is 32.4 Å². The minimum atomic E-state index is 0.306. The van der Waals surface area contributed by atoms with Crippen molar-refractivity contribution in [3.8, 4) is 0 Å². The van der Waals surface area contributed by atoms with E-state index in [1.54, 1.807) is 4.68 Å². The lowest BCUT2D eigenvalue weighted by atomic mass is 10.2. The molecule has 0 fully saturated rings. The third-order valence-corrected chi connectivity index (χ3v) is 3.30. The molecule has 0 amide bonds. The third kappa shape index (κ3) is 2.58. The summed E-state index contributed by atoms with van der Waals surface area (Å²) in [5.41, 5.74) is 2.01. The van der Waals surface area contributed by atoms with Crippen LogP contribution in [0.1, 0.15) is 31.3 Å². The van der Waals surface area contributed by atoms with Gasteiger partial charge in [0, 0.05) is 31.2 Å². The van der Waals surface area contributed by atoms with Gasteiger partial charge in [-0.25, -0.2) is 14.3 Å². The molecule has 0 radical (unpaired) electrons. The molecule has 1 N–H and O–H groups in total. The minimum Gasteiger partial charge on any atom is -0.350 e. The van der Waals surface area contributed by atoms with Gasteiger partial charge in [-0.3, -0.25) is 0 Å². The molecule has 3 rings (SSSR count). The number of hydrogen-bond donors (Lipinski definition) is 1. The van der Waals surface area contributed by atoms with Crippen molar-refractivity contribution in [2.24, 2.45) is 7.05 Å². The molecule has 0 atom stereocenters. The molecule has 3 aromatic rings. The highest BCUT2D eigenvalue weighted by Crippen LogP contribution is 2.17. The highest BCUT2D eigenvalue weighted by atomic mass is 15.4. The summed E-state index contributed by atoms with van der Waals surface area (Å²) in [5.74, 6) is 1.51. The first-order chi connectivity index (χ1) is 10.0. The van der Waals surface area contributed by atoms with Crippen LogP contribution in [0.3, 0.4) is 0 Å². The summed E-state index contributed by atoms with van der Waals surface area (Å²) in [6, 6.07) is 2.41. The number of fused-ring (bicyclic) bond motifs is 1. The van der Waals surface area contributed by atoms with E-state index in [1.807, 2.05) is 31.0 Å². The van der Waals surface area contributed by atoms with E-state index in [0.717, 1.165) is 28.4 Å². The van der Waals surface area contributed by atoms with Crippen molar-refractivity contribution in [3.63, 3.8) is 0 Å². The van der Waals surface area contributed by atoms with E-state index >= 15 is 0 Å². The molecule has 7 heteroatoms. The molecule has 0 saturated heterocycles. The summed E-state index contributed by atoms with van der Waals surface area (Å²) < 4.78 is 3.66. The fourth-order valence-corrected chi connectivity index (χ4v) is 2.31. The van der Waals surface area contributed by atoms with Gasteiger partial charge in [-0.15, -0.1) is 0 Å². The summed E-state index contributed by atoms with van der Waals surface area (Å²) in [7, 11) is 1.87. The van der Waals surface area contributed by atoms with Crippen molar-refractivity contribution >= 4 is 17.0 Å². The third-order valence-electron chi connectivity index (χ3n) is 3.30. The number of rotatable bonds is 4. The van der Waals surface area contributed by atoms with Crippen LogP contribution in [-0.2, 0) is 13.6 Å². The zero-order valence-corrected chi connectivity index (χ0v) is 12.7. The van der Waals surface area contributed by atoms with Crippen molar-refractivity contribution in [2.75, 3.05) is 5.32 Å². The van der Waals surface area contributed by atoms with Crippen LogP contribution in [0.4, 0.5) is 5.95 Å². The SMILES string of the molecule is Cc1nc(NCc2cnc3c(cnn3C(C)C)c2)n(C)n1. The fraction of sp³-hybridized carbons (Fsp3) is 0.429. The Morgan fingerprint density at radius 1 is 1.29 bits per heavy atom. The number of nitrogens with one attached hydrogen (secondary N) is 1. The molecule has 0 bridgehead atoms. The van der Waals surface area contributed by atoms with Crippen LogP contribution >= 0.6 is 0 Å². The summed E-state index contributed by atoms with van der Waals surface area (Å²) >= 11 is 0. The fourth-order valence-electron chi connectivity index (χ4n) is 2.31. The van der Waals surface area contributed by atoms with Gasteiger partial charge < -0.3 is 5.32 Å². The predicted molar refractivity (Wildman–Crippen MR) is 81.0 cm³/mol. The van der Waals surface area contributed by atoms with Crippen LogP contribution in [0.25, 0.3) is 11.0 Å². The average Bonchev–Trinajstić information content (AvgIpc) is 2.99. The van der Waals surface area contributed by atoms with Crippen molar-refractivity contribution in [1.29, 1.82) is 0 Å². The van der Waals surface area contributed by atoms with Gasteiger partial charge in [-0.2, -0.15) is 15.2 Å². The maximum absolute atomic E-state index is 4.52. The first kappa shape index (κ1) is 13.5. The van der Waals surface area contributed by atoms with Crippen LogP contribution in [0.5, 0.6) is 0 Å². The second-order valence-corrected chi connectivity index (χ2v) is 5.40. The number of anilines is 1. The van der Waals surface area contributed by atoms with E-state index in [9.17, 15) is 0 Å². The second kappa shape index (κ2) is 5.16. The average molecular weight is 285 g/mol. The van der Waals surface area contributed by atoms with Gasteiger partial charge in [0.1, 0.15) is 5.82 Å². The Morgan fingerprint density at radius 3 is 2.76 bits per heavy atom. The summed E-state index contributed by atoms with van der Waals surface area (Å²) in [4.78, 5) is 8.84. The molecule has 0 aliphatic heterocycles. The molecule has 0 aromatic carbocycles. The van der Waals surface area contributed by atoms with Crippen LogP contribution in [-0.4, -0.2) is 29.5 Å². The number of aryl methyl sites for hydroxylation is 2. The minimum absolute atomic E-state index is 0.306. The molecule has 3 heterocycles. The molecular formula is C14H19N7. The summed E-state index contributed by atoms with van der Waals surface area (Å²) in [6.07, 6.45) is 3.73. The van der Waals surface area contributed by atoms with Crippen LogP contribution in [0.15, 0.2) is 18.5 Å². The van der Waals surface area contributed by atoms with Gasteiger partial charge in [0.05, 0.1) is 6.20 Å².